The minimum Gasteiger partial charge on any atom is -0.308 e. The summed E-state index contributed by atoms with van der Waals surface area (Å²) in [7, 11) is -2.99. The highest BCUT2D eigenvalue weighted by atomic mass is 79.9. The van der Waals surface area contributed by atoms with Crippen LogP contribution in [0.2, 0.25) is 0 Å². The lowest BCUT2D eigenvalue weighted by Crippen LogP contribution is -2.28. The molecular formula is C11H18BrNO2S2. The largest absolute Gasteiger partial charge is 0.308 e. The van der Waals surface area contributed by atoms with Crippen LogP contribution in [0.25, 0.3) is 0 Å². The minimum atomic E-state index is -2.99. The summed E-state index contributed by atoms with van der Waals surface area (Å²) in [6, 6.07) is 1.92. The molecule has 0 aliphatic carbocycles. The third-order valence-electron chi connectivity index (χ3n) is 2.26. The summed E-state index contributed by atoms with van der Waals surface area (Å²) in [4.78, 5) is 2.25. The van der Waals surface area contributed by atoms with E-state index in [1.807, 2.05) is 13.0 Å². The summed E-state index contributed by atoms with van der Waals surface area (Å²) < 4.78 is 23.9. The fourth-order valence-electron chi connectivity index (χ4n) is 1.59. The Hall–Kier alpha value is 0.0900. The summed E-state index contributed by atoms with van der Waals surface area (Å²) in [5.74, 6) is 0.144. The van der Waals surface area contributed by atoms with Gasteiger partial charge < -0.3 is 5.32 Å². The highest BCUT2D eigenvalue weighted by molar-refractivity contribution is 9.10. The molecule has 0 spiro atoms. The number of aryl methyl sites for hydroxylation is 1. The molecule has 1 heterocycles. The fraction of sp³-hybridized carbons (Fsp3) is 0.636. The highest BCUT2D eigenvalue weighted by Crippen LogP contribution is 2.32. The van der Waals surface area contributed by atoms with Gasteiger partial charge in [-0.3, -0.25) is 0 Å². The first kappa shape index (κ1) is 15.1. The summed E-state index contributed by atoms with van der Waals surface area (Å²) in [6.07, 6.45) is 2.27. The molecule has 1 atom stereocenters. The highest BCUT2D eigenvalue weighted by Gasteiger charge is 2.20. The molecule has 1 unspecified atom stereocenters. The Balaban J connectivity index is 2.93. The van der Waals surface area contributed by atoms with Crippen molar-refractivity contribution in [3.05, 3.63) is 20.3 Å². The number of halogens is 1. The number of hydrogen-bond donors (Lipinski definition) is 1. The second kappa shape index (κ2) is 6.31. The fourth-order valence-corrected chi connectivity index (χ4v) is 4.59. The molecular weight excluding hydrogens is 322 g/mol. The average molecular weight is 340 g/mol. The molecule has 0 aliphatic rings. The van der Waals surface area contributed by atoms with Crippen molar-refractivity contribution in [1.29, 1.82) is 0 Å². The van der Waals surface area contributed by atoms with E-state index in [4.69, 9.17) is 0 Å². The first-order valence-electron chi connectivity index (χ1n) is 5.50. The number of sulfone groups is 1. The van der Waals surface area contributed by atoms with E-state index in [-0.39, 0.29) is 11.8 Å². The molecule has 3 nitrogen and oxygen atoms in total. The van der Waals surface area contributed by atoms with E-state index < -0.39 is 9.84 Å². The van der Waals surface area contributed by atoms with Gasteiger partial charge in [0.25, 0.3) is 0 Å². The van der Waals surface area contributed by atoms with E-state index >= 15 is 0 Å². The zero-order valence-electron chi connectivity index (χ0n) is 10.3. The molecule has 0 saturated heterocycles. The van der Waals surface area contributed by atoms with Gasteiger partial charge in [-0.05, 0) is 41.9 Å². The lowest BCUT2D eigenvalue weighted by atomic mass is 10.2. The standard InChI is InChI=1S/C11H18BrNO2S2/c1-4-5-13-10(7-17(3,14)15)11-9(12)6-8(2)16-11/h6,10,13H,4-5,7H2,1-3H3. The Labute approximate surface area is 116 Å². The number of nitrogens with one attached hydrogen (secondary N) is 1. The van der Waals surface area contributed by atoms with E-state index in [1.165, 1.54) is 11.1 Å². The first-order valence-corrected chi connectivity index (χ1v) is 9.17. The molecule has 0 amide bonds. The summed E-state index contributed by atoms with van der Waals surface area (Å²) in [6.45, 7) is 4.92. The van der Waals surface area contributed by atoms with Gasteiger partial charge >= 0.3 is 0 Å². The normalized spacial score (nSPS) is 13.9. The molecule has 0 aromatic carbocycles. The van der Waals surface area contributed by atoms with Gasteiger partial charge in [0.2, 0.25) is 0 Å². The zero-order valence-corrected chi connectivity index (χ0v) is 13.5. The molecule has 1 aromatic rings. The van der Waals surface area contributed by atoms with Crippen LogP contribution in [0.1, 0.15) is 29.1 Å². The van der Waals surface area contributed by atoms with Crippen molar-refractivity contribution in [2.24, 2.45) is 0 Å². The number of hydrogen-bond acceptors (Lipinski definition) is 4. The molecule has 98 valence electrons. The van der Waals surface area contributed by atoms with Crippen molar-refractivity contribution in [2.45, 2.75) is 26.3 Å². The average Bonchev–Trinajstić information content (AvgIpc) is 2.50. The maximum Gasteiger partial charge on any atom is 0.149 e. The minimum absolute atomic E-state index is 0.113. The summed E-state index contributed by atoms with van der Waals surface area (Å²) in [5.41, 5.74) is 0. The van der Waals surface area contributed by atoms with Crippen LogP contribution >= 0.6 is 27.3 Å². The molecule has 1 aromatic heterocycles. The van der Waals surface area contributed by atoms with E-state index in [1.54, 1.807) is 11.3 Å². The van der Waals surface area contributed by atoms with Crippen LogP contribution in [0.5, 0.6) is 0 Å². The van der Waals surface area contributed by atoms with Crippen LogP contribution < -0.4 is 5.32 Å². The van der Waals surface area contributed by atoms with E-state index in [2.05, 4.69) is 28.2 Å². The maximum atomic E-state index is 11.4. The Morgan fingerprint density at radius 2 is 2.18 bits per heavy atom. The van der Waals surface area contributed by atoms with Crippen molar-refractivity contribution in [2.75, 3.05) is 18.6 Å². The van der Waals surface area contributed by atoms with Gasteiger partial charge in [-0.1, -0.05) is 6.92 Å². The van der Waals surface area contributed by atoms with Crippen LogP contribution in [0.4, 0.5) is 0 Å². The zero-order chi connectivity index (χ0) is 13.1. The van der Waals surface area contributed by atoms with Crippen LogP contribution in [-0.2, 0) is 9.84 Å². The van der Waals surface area contributed by atoms with E-state index in [9.17, 15) is 8.42 Å². The smallest absolute Gasteiger partial charge is 0.149 e. The Morgan fingerprint density at radius 1 is 1.53 bits per heavy atom. The van der Waals surface area contributed by atoms with Gasteiger partial charge in [-0.25, -0.2) is 8.42 Å². The third kappa shape index (κ3) is 5.07. The Bertz CT molecular complexity index is 468. The monoisotopic (exact) mass is 339 g/mol. The van der Waals surface area contributed by atoms with Crippen LogP contribution in [0.15, 0.2) is 10.5 Å². The topological polar surface area (TPSA) is 46.2 Å². The van der Waals surface area contributed by atoms with Crippen molar-refractivity contribution in [1.82, 2.24) is 5.32 Å². The number of thiophene rings is 1. The molecule has 6 heteroatoms. The molecule has 17 heavy (non-hydrogen) atoms. The van der Waals surface area contributed by atoms with Gasteiger partial charge in [0.05, 0.1) is 11.8 Å². The predicted molar refractivity (Wildman–Crippen MR) is 77.5 cm³/mol. The quantitative estimate of drug-likeness (QED) is 0.866. The lowest BCUT2D eigenvalue weighted by Gasteiger charge is -2.16. The molecule has 0 radical (unpaired) electrons. The lowest BCUT2D eigenvalue weighted by molar-refractivity contribution is 0.553. The van der Waals surface area contributed by atoms with E-state index in [0.29, 0.717) is 0 Å². The van der Waals surface area contributed by atoms with E-state index in [0.717, 1.165) is 22.3 Å². The van der Waals surface area contributed by atoms with Crippen molar-refractivity contribution < 1.29 is 8.42 Å². The molecule has 0 bridgehead atoms. The van der Waals surface area contributed by atoms with Crippen LogP contribution in [-0.4, -0.2) is 27.0 Å². The van der Waals surface area contributed by atoms with Gasteiger partial charge in [-0.15, -0.1) is 11.3 Å². The van der Waals surface area contributed by atoms with Gasteiger partial charge in [-0.2, -0.15) is 0 Å². The third-order valence-corrected chi connectivity index (χ3v) is 5.28. The van der Waals surface area contributed by atoms with Crippen LogP contribution in [0, 0.1) is 6.92 Å². The summed E-state index contributed by atoms with van der Waals surface area (Å²) >= 11 is 5.13. The van der Waals surface area contributed by atoms with Gasteiger partial charge in [0, 0.05) is 20.5 Å². The first-order chi connectivity index (χ1) is 7.83. The maximum absolute atomic E-state index is 11.4. The van der Waals surface area contributed by atoms with Crippen molar-refractivity contribution >= 4 is 37.1 Å². The van der Waals surface area contributed by atoms with Crippen molar-refractivity contribution in [3.8, 4) is 0 Å². The molecule has 1 N–H and O–H groups in total. The van der Waals surface area contributed by atoms with Crippen molar-refractivity contribution in [3.63, 3.8) is 0 Å². The Morgan fingerprint density at radius 3 is 2.59 bits per heavy atom. The molecule has 0 fully saturated rings. The van der Waals surface area contributed by atoms with Crippen LogP contribution in [0.3, 0.4) is 0 Å². The Kier molecular flexibility index (Phi) is 5.63. The predicted octanol–water partition coefficient (Wildman–Crippen LogP) is 2.90. The van der Waals surface area contributed by atoms with Gasteiger partial charge in [0.1, 0.15) is 9.84 Å². The SMILES string of the molecule is CCCNC(CS(C)(=O)=O)c1sc(C)cc1Br. The molecule has 1 rings (SSSR count). The second-order valence-electron chi connectivity index (χ2n) is 4.17. The summed E-state index contributed by atoms with van der Waals surface area (Å²) in [5, 5.41) is 3.30. The second-order valence-corrected chi connectivity index (χ2v) is 8.50. The molecule has 0 aliphatic heterocycles. The molecule has 0 saturated carbocycles. The van der Waals surface area contributed by atoms with Gasteiger partial charge in [0.15, 0.2) is 0 Å². The number of rotatable bonds is 6.